The molecule has 3 aromatic rings. The first-order valence-electron chi connectivity index (χ1n) is 7.64. The minimum atomic E-state index is 0.219. The highest BCUT2D eigenvalue weighted by Gasteiger charge is 2.18. The van der Waals surface area contributed by atoms with Crippen LogP contribution in [0.3, 0.4) is 0 Å². The summed E-state index contributed by atoms with van der Waals surface area (Å²) in [5.74, 6) is 0.429. The van der Waals surface area contributed by atoms with Crippen LogP contribution < -0.4 is 0 Å². The van der Waals surface area contributed by atoms with Gasteiger partial charge in [-0.05, 0) is 23.6 Å². The third kappa shape index (κ3) is 3.14. The summed E-state index contributed by atoms with van der Waals surface area (Å²) in [6.45, 7) is 4.40. The van der Waals surface area contributed by atoms with Gasteiger partial charge >= 0.3 is 0 Å². The van der Waals surface area contributed by atoms with Crippen LogP contribution in [-0.4, -0.2) is 14.5 Å². The summed E-state index contributed by atoms with van der Waals surface area (Å²) in [6, 6.07) is 16.2. The minimum absolute atomic E-state index is 0.219. The van der Waals surface area contributed by atoms with E-state index in [0.717, 1.165) is 11.4 Å². The largest absolute Gasteiger partial charge is 0.329 e. The van der Waals surface area contributed by atoms with E-state index in [9.17, 15) is 0 Å². The highest BCUT2D eigenvalue weighted by molar-refractivity contribution is 5.55. The Labute approximate surface area is 136 Å². The Morgan fingerprint density at radius 3 is 2.52 bits per heavy atom. The molecule has 1 unspecified atom stereocenters. The fourth-order valence-electron chi connectivity index (χ4n) is 2.81. The molecule has 0 amide bonds. The molecule has 3 rings (SSSR count). The lowest BCUT2D eigenvalue weighted by atomic mass is 9.96. The maximum Gasteiger partial charge on any atom is 0.107 e. The number of nitriles is 1. The Morgan fingerprint density at radius 1 is 1.04 bits per heavy atom. The molecule has 0 aliphatic rings. The second-order valence-corrected chi connectivity index (χ2v) is 5.85. The van der Waals surface area contributed by atoms with E-state index in [4.69, 9.17) is 5.26 Å². The van der Waals surface area contributed by atoms with Gasteiger partial charge in [0.1, 0.15) is 5.69 Å². The van der Waals surface area contributed by atoms with Crippen LogP contribution >= 0.6 is 0 Å². The maximum atomic E-state index is 9.02. The summed E-state index contributed by atoms with van der Waals surface area (Å²) in [7, 11) is 0. The topological polar surface area (TPSA) is 54.5 Å². The van der Waals surface area contributed by atoms with E-state index >= 15 is 0 Å². The predicted molar refractivity (Wildman–Crippen MR) is 89.6 cm³/mol. The van der Waals surface area contributed by atoms with Crippen LogP contribution in [0.15, 0.2) is 61.2 Å². The third-order valence-corrected chi connectivity index (χ3v) is 3.85. The zero-order valence-electron chi connectivity index (χ0n) is 13.2. The Balaban J connectivity index is 1.98. The Bertz CT molecular complexity index is 828. The lowest BCUT2D eigenvalue weighted by Crippen LogP contribution is -2.15. The average molecular weight is 302 g/mol. The first-order chi connectivity index (χ1) is 11.2. The number of pyridine rings is 1. The molecule has 114 valence electrons. The maximum absolute atomic E-state index is 9.02. The molecular formula is C19H18N4. The Kier molecular flexibility index (Phi) is 4.20. The normalized spacial score (nSPS) is 12.1. The van der Waals surface area contributed by atoms with E-state index in [1.54, 1.807) is 18.3 Å². The third-order valence-electron chi connectivity index (χ3n) is 3.85. The minimum Gasteiger partial charge on any atom is -0.329 e. The average Bonchev–Trinajstić information content (AvgIpc) is 3.05. The van der Waals surface area contributed by atoms with Crippen LogP contribution in [0, 0.1) is 17.2 Å². The highest BCUT2D eigenvalue weighted by atomic mass is 15.1. The molecule has 0 fully saturated rings. The summed E-state index contributed by atoms with van der Waals surface area (Å²) < 4.78 is 2.12. The number of rotatable bonds is 4. The van der Waals surface area contributed by atoms with Crippen molar-refractivity contribution in [3.63, 3.8) is 0 Å². The van der Waals surface area contributed by atoms with Gasteiger partial charge in [-0.3, -0.25) is 4.98 Å². The van der Waals surface area contributed by atoms with E-state index in [1.165, 1.54) is 5.56 Å². The van der Waals surface area contributed by atoms with Crippen molar-refractivity contribution in [3.8, 4) is 17.5 Å². The van der Waals surface area contributed by atoms with Crippen molar-refractivity contribution in [1.29, 1.82) is 5.26 Å². The summed E-state index contributed by atoms with van der Waals surface area (Å²) in [4.78, 5) is 8.80. The van der Waals surface area contributed by atoms with Gasteiger partial charge in [-0.2, -0.15) is 5.26 Å². The van der Waals surface area contributed by atoms with Crippen LogP contribution in [0.5, 0.6) is 0 Å². The fraction of sp³-hybridized carbons (Fsp3) is 0.211. The molecule has 2 aromatic heterocycles. The molecule has 4 nitrogen and oxygen atoms in total. The van der Waals surface area contributed by atoms with Crippen LogP contribution in [0.1, 0.15) is 31.0 Å². The molecule has 1 aromatic carbocycles. The van der Waals surface area contributed by atoms with Crippen molar-refractivity contribution in [2.24, 2.45) is 5.92 Å². The summed E-state index contributed by atoms with van der Waals surface area (Å²) >= 11 is 0. The van der Waals surface area contributed by atoms with E-state index in [-0.39, 0.29) is 6.04 Å². The number of benzene rings is 1. The Hall–Kier alpha value is -2.93. The lowest BCUT2D eigenvalue weighted by molar-refractivity contribution is 0.436. The predicted octanol–water partition coefficient (Wildman–Crippen LogP) is 4.06. The van der Waals surface area contributed by atoms with Crippen molar-refractivity contribution < 1.29 is 0 Å². The molecule has 23 heavy (non-hydrogen) atoms. The van der Waals surface area contributed by atoms with E-state index < -0.39 is 0 Å². The molecule has 4 heteroatoms. The zero-order chi connectivity index (χ0) is 16.2. The van der Waals surface area contributed by atoms with Gasteiger partial charge in [0.05, 0.1) is 29.7 Å². The van der Waals surface area contributed by atoms with Gasteiger partial charge in [0, 0.05) is 12.4 Å². The monoisotopic (exact) mass is 302 g/mol. The van der Waals surface area contributed by atoms with Crippen molar-refractivity contribution in [3.05, 3.63) is 72.3 Å². The molecule has 0 saturated heterocycles. The van der Waals surface area contributed by atoms with Gasteiger partial charge in [0.2, 0.25) is 0 Å². The van der Waals surface area contributed by atoms with Crippen molar-refractivity contribution in [2.45, 2.75) is 19.9 Å². The first kappa shape index (κ1) is 15.0. The quantitative estimate of drug-likeness (QED) is 0.730. The SMILES string of the molecule is CC(C)C(c1ccccc1)n1cnc(-c2cc(C#N)ccn2)c1. The molecule has 0 bridgehead atoms. The van der Waals surface area contributed by atoms with Crippen LogP contribution in [0.25, 0.3) is 11.4 Å². The number of hydrogen-bond donors (Lipinski definition) is 0. The zero-order valence-corrected chi connectivity index (χ0v) is 13.2. The highest BCUT2D eigenvalue weighted by Crippen LogP contribution is 2.28. The molecule has 0 N–H and O–H groups in total. The van der Waals surface area contributed by atoms with Crippen LogP contribution in [0.2, 0.25) is 0 Å². The van der Waals surface area contributed by atoms with Gasteiger partial charge in [-0.25, -0.2) is 4.98 Å². The molecule has 0 radical (unpaired) electrons. The molecule has 2 heterocycles. The molecule has 0 spiro atoms. The smallest absolute Gasteiger partial charge is 0.107 e. The molecule has 1 atom stereocenters. The van der Waals surface area contributed by atoms with Crippen molar-refractivity contribution in [2.75, 3.05) is 0 Å². The van der Waals surface area contributed by atoms with E-state index in [2.05, 4.69) is 58.7 Å². The molecular weight excluding hydrogens is 284 g/mol. The van der Waals surface area contributed by atoms with Crippen molar-refractivity contribution >= 4 is 0 Å². The van der Waals surface area contributed by atoms with E-state index in [0.29, 0.717) is 11.5 Å². The second-order valence-electron chi connectivity index (χ2n) is 5.85. The van der Waals surface area contributed by atoms with Gasteiger partial charge in [0.15, 0.2) is 0 Å². The number of hydrogen-bond acceptors (Lipinski definition) is 3. The van der Waals surface area contributed by atoms with Crippen LogP contribution in [-0.2, 0) is 0 Å². The van der Waals surface area contributed by atoms with Gasteiger partial charge in [0.25, 0.3) is 0 Å². The van der Waals surface area contributed by atoms with Gasteiger partial charge in [-0.1, -0.05) is 44.2 Å². The summed E-state index contributed by atoms with van der Waals surface area (Å²) in [5, 5.41) is 9.02. The standard InChI is InChI=1S/C19H18N4/c1-14(2)19(16-6-4-3-5-7-16)23-12-18(22-13-23)17-10-15(11-20)8-9-21-17/h3-10,12-14,19H,1-2H3. The van der Waals surface area contributed by atoms with E-state index in [1.807, 2.05) is 18.6 Å². The lowest BCUT2D eigenvalue weighted by Gasteiger charge is -2.22. The number of aromatic nitrogens is 3. The molecule has 0 saturated carbocycles. The first-order valence-corrected chi connectivity index (χ1v) is 7.64. The van der Waals surface area contributed by atoms with Gasteiger partial charge < -0.3 is 4.57 Å². The fourth-order valence-corrected chi connectivity index (χ4v) is 2.81. The number of nitrogens with zero attached hydrogens (tertiary/aromatic N) is 4. The second kappa shape index (κ2) is 6.45. The molecule has 0 aliphatic heterocycles. The summed E-state index contributed by atoms with van der Waals surface area (Å²) in [6.07, 6.45) is 5.49. The summed E-state index contributed by atoms with van der Waals surface area (Å²) in [5.41, 5.74) is 3.35. The Morgan fingerprint density at radius 2 is 1.83 bits per heavy atom. The molecule has 0 aliphatic carbocycles. The van der Waals surface area contributed by atoms with Gasteiger partial charge in [-0.15, -0.1) is 0 Å². The number of imidazole rings is 1. The van der Waals surface area contributed by atoms with Crippen molar-refractivity contribution in [1.82, 2.24) is 14.5 Å². The van der Waals surface area contributed by atoms with Crippen LogP contribution in [0.4, 0.5) is 0 Å².